The SMILES string of the molecule is COc1ccc(CN(Cc2ccc(OC)cc2)S(=O)(=O)c2c(S(=O)(=O)C3CN(C(=O)OC(C)(C)C)C3)ccc(-c3ccc(C(=O)O)c4sc(N)nc34)c2-c2nnn(Cc3ccc(OC)cc3)n2)cc1. The molecule has 1 aliphatic heterocycles. The molecule has 1 saturated heterocycles. The summed E-state index contributed by atoms with van der Waals surface area (Å²) in [6.45, 7) is 4.04. The maximum absolute atomic E-state index is 16.2. The number of tetrazole rings is 1. The molecule has 0 bridgehead atoms. The molecule has 19 nitrogen and oxygen atoms in total. The number of carbonyl (C=O) groups excluding carboxylic acids is 1. The van der Waals surface area contributed by atoms with E-state index in [2.05, 4.69) is 15.3 Å². The van der Waals surface area contributed by atoms with Crippen molar-refractivity contribution in [2.45, 2.75) is 61.0 Å². The lowest BCUT2D eigenvalue weighted by atomic mass is 9.97. The zero-order valence-electron chi connectivity index (χ0n) is 38.3. The number of hydrogen-bond donors (Lipinski definition) is 2. The normalized spacial score (nSPS) is 13.3. The number of nitrogen functional groups attached to an aromatic ring is 1. The number of nitrogens with two attached hydrogens (primary N) is 1. The van der Waals surface area contributed by atoms with Gasteiger partial charge in [-0.1, -0.05) is 59.9 Å². The van der Waals surface area contributed by atoms with Crippen molar-refractivity contribution in [1.82, 2.24) is 34.4 Å². The number of aromatic nitrogens is 5. The van der Waals surface area contributed by atoms with Gasteiger partial charge in [-0.2, -0.15) is 9.10 Å². The number of rotatable bonds is 16. The first kappa shape index (κ1) is 48.3. The number of aromatic carboxylic acids is 1. The van der Waals surface area contributed by atoms with E-state index >= 15 is 16.8 Å². The number of amides is 1. The highest BCUT2D eigenvalue weighted by molar-refractivity contribution is 7.94. The number of anilines is 1. The zero-order chi connectivity index (χ0) is 49.4. The fraction of sp³-hybridized carbons (Fsp3) is 0.277. The quantitative estimate of drug-likeness (QED) is 0.102. The van der Waals surface area contributed by atoms with Crippen molar-refractivity contribution in [2.24, 2.45) is 0 Å². The Balaban J connectivity index is 1.39. The van der Waals surface area contributed by atoms with Crippen LogP contribution in [0.3, 0.4) is 0 Å². The molecular weight excluding hydrogens is 949 g/mol. The van der Waals surface area contributed by atoms with Crippen molar-refractivity contribution in [3.05, 3.63) is 119 Å². The van der Waals surface area contributed by atoms with E-state index in [4.69, 9.17) is 29.8 Å². The second kappa shape index (κ2) is 19.1. The molecule has 69 heavy (non-hydrogen) atoms. The first-order valence-electron chi connectivity index (χ1n) is 21.3. The molecule has 7 aromatic rings. The van der Waals surface area contributed by atoms with Crippen LogP contribution in [0.15, 0.2) is 107 Å². The van der Waals surface area contributed by atoms with Crippen LogP contribution in [0.4, 0.5) is 9.93 Å². The molecule has 360 valence electrons. The lowest BCUT2D eigenvalue weighted by Gasteiger charge is -2.39. The van der Waals surface area contributed by atoms with Gasteiger partial charge in [-0.25, -0.2) is 31.4 Å². The third-order valence-electron chi connectivity index (χ3n) is 11.2. The lowest BCUT2D eigenvalue weighted by molar-refractivity contribution is 0.0138. The van der Waals surface area contributed by atoms with E-state index in [1.54, 1.807) is 93.6 Å². The van der Waals surface area contributed by atoms with Crippen molar-refractivity contribution in [1.29, 1.82) is 0 Å². The molecule has 5 aromatic carbocycles. The predicted octanol–water partition coefficient (Wildman–Crippen LogP) is 6.76. The fourth-order valence-corrected chi connectivity index (χ4v) is 12.7. The number of sulfonamides is 1. The molecule has 1 fully saturated rings. The third kappa shape index (κ3) is 10.0. The highest BCUT2D eigenvalue weighted by atomic mass is 32.2. The van der Waals surface area contributed by atoms with E-state index in [1.807, 2.05) is 0 Å². The molecule has 0 saturated carbocycles. The van der Waals surface area contributed by atoms with Gasteiger partial charge in [-0.05, 0) is 96.8 Å². The van der Waals surface area contributed by atoms with Gasteiger partial charge in [0.25, 0.3) is 0 Å². The lowest BCUT2D eigenvalue weighted by Crippen LogP contribution is -2.57. The van der Waals surface area contributed by atoms with Gasteiger partial charge in [0, 0.05) is 31.7 Å². The van der Waals surface area contributed by atoms with E-state index in [-0.39, 0.29) is 76.2 Å². The van der Waals surface area contributed by atoms with Gasteiger partial charge >= 0.3 is 12.1 Å². The molecule has 1 amide bonds. The molecule has 22 heteroatoms. The van der Waals surface area contributed by atoms with Crippen molar-refractivity contribution in [3.63, 3.8) is 0 Å². The summed E-state index contributed by atoms with van der Waals surface area (Å²) in [5, 5.41) is 22.3. The maximum Gasteiger partial charge on any atom is 0.410 e. The molecule has 1 aliphatic rings. The summed E-state index contributed by atoms with van der Waals surface area (Å²) in [4.78, 5) is 31.2. The van der Waals surface area contributed by atoms with Gasteiger partial charge in [0.2, 0.25) is 15.8 Å². The number of methoxy groups -OCH3 is 3. The van der Waals surface area contributed by atoms with E-state index < -0.39 is 52.6 Å². The monoisotopic (exact) mass is 996 g/mol. The molecule has 0 aliphatic carbocycles. The summed E-state index contributed by atoms with van der Waals surface area (Å²) in [7, 11) is -5.13. The summed E-state index contributed by atoms with van der Waals surface area (Å²) in [6.07, 6.45) is -0.725. The van der Waals surface area contributed by atoms with Crippen molar-refractivity contribution >= 4 is 58.6 Å². The van der Waals surface area contributed by atoms with Crippen LogP contribution >= 0.6 is 11.3 Å². The van der Waals surface area contributed by atoms with Gasteiger partial charge in [-0.3, -0.25) is 0 Å². The summed E-state index contributed by atoms with van der Waals surface area (Å²) >= 11 is 0.922. The summed E-state index contributed by atoms with van der Waals surface area (Å²) < 4.78 is 85.7. The largest absolute Gasteiger partial charge is 0.497 e. The predicted molar refractivity (Wildman–Crippen MR) is 257 cm³/mol. The molecule has 0 radical (unpaired) electrons. The average molecular weight is 997 g/mol. The molecule has 0 spiro atoms. The van der Waals surface area contributed by atoms with Crippen LogP contribution < -0.4 is 19.9 Å². The number of nitrogens with zero attached hydrogens (tertiary/aromatic N) is 7. The average Bonchev–Trinajstić information content (AvgIpc) is 3.93. The molecule has 2 aromatic heterocycles. The maximum atomic E-state index is 16.2. The van der Waals surface area contributed by atoms with E-state index in [0.717, 1.165) is 21.2 Å². The Morgan fingerprint density at radius 1 is 0.783 bits per heavy atom. The summed E-state index contributed by atoms with van der Waals surface area (Å²) in [6, 6.07) is 26.0. The number of sulfone groups is 1. The highest BCUT2D eigenvalue weighted by Gasteiger charge is 2.46. The van der Waals surface area contributed by atoms with Gasteiger partial charge in [0.05, 0.1) is 54.1 Å². The Labute approximate surface area is 402 Å². The minimum atomic E-state index is -5.03. The van der Waals surface area contributed by atoms with Crippen molar-refractivity contribution in [3.8, 4) is 39.8 Å². The first-order valence-corrected chi connectivity index (χ1v) is 25.1. The van der Waals surface area contributed by atoms with Crippen LogP contribution in [0, 0.1) is 0 Å². The topological polar surface area (TPSA) is 249 Å². The van der Waals surface area contributed by atoms with Gasteiger partial charge < -0.3 is 34.7 Å². The van der Waals surface area contributed by atoms with Crippen molar-refractivity contribution < 1.29 is 50.5 Å². The number of likely N-dealkylation sites (tertiary alicyclic amines) is 1. The second-order valence-corrected chi connectivity index (χ2v) is 22.1. The van der Waals surface area contributed by atoms with Crippen LogP contribution in [0.25, 0.3) is 32.7 Å². The Kier molecular flexibility index (Phi) is 13.4. The Morgan fingerprint density at radius 3 is 1.84 bits per heavy atom. The number of carboxylic acids is 1. The summed E-state index contributed by atoms with van der Waals surface area (Å²) in [5.41, 5.74) is 7.20. The van der Waals surface area contributed by atoms with E-state index in [0.29, 0.717) is 28.4 Å². The highest BCUT2D eigenvalue weighted by Crippen LogP contribution is 2.45. The number of carbonyl (C=O) groups is 2. The molecule has 3 N–H and O–H groups in total. The van der Waals surface area contributed by atoms with E-state index in [9.17, 15) is 14.7 Å². The van der Waals surface area contributed by atoms with Crippen LogP contribution in [0.2, 0.25) is 0 Å². The molecular formula is C47H48N8O11S3. The minimum absolute atomic E-state index is 0.0294. The molecule has 8 rings (SSSR count). The van der Waals surface area contributed by atoms with Gasteiger partial charge in [-0.15, -0.1) is 10.2 Å². The number of benzene rings is 5. The van der Waals surface area contributed by atoms with Gasteiger partial charge in [0.15, 0.2) is 15.0 Å². The van der Waals surface area contributed by atoms with Crippen LogP contribution in [0.1, 0.15) is 47.8 Å². The third-order valence-corrected chi connectivity index (χ3v) is 16.3. The molecule has 0 atom stereocenters. The number of fused-ring (bicyclic) bond motifs is 1. The van der Waals surface area contributed by atoms with Crippen LogP contribution in [-0.2, 0) is 44.2 Å². The standard InChI is InChI=1S/C47H48N8O11S3/c1-47(2,3)66-46(58)53-26-34(27-53)68(59,60)38-22-21-35(36-19-20-37(44(56)57)41-40(36)49-45(48)67-41)39(43-50-52-55(51-43)25-30-11-17-33(65-6)18-12-30)42(38)69(61,62)54(23-28-7-13-31(63-4)14-8-28)24-29-9-15-32(64-5)16-10-29/h7-22,34H,23-27H2,1-6H3,(H2,48,49)(H,56,57). The Morgan fingerprint density at radius 2 is 1.32 bits per heavy atom. The second-order valence-electron chi connectivity index (χ2n) is 17.0. The number of hydrogen-bond acceptors (Lipinski definition) is 16. The molecule has 0 unspecified atom stereocenters. The van der Waals surface area contributed by atoms with Gasteiger partial charge in [0.1, 0.15) is 33.0 Å². The number of carboxylic acid groups (broad SMARTS) is 1. The summed E-state index contributed by atoms with van der Waals surface area (Å²) in [5.74, 6) is 0.141. The number of ether oxygens (including phenoxy) is 4. The fourth-order valence-electron chi connectivity index (χ4n) is 7.72. The Bertz CT molecular complexity index is 3230. The Hall–Kier alpha value is -7.14. The zero-order valence-corrected chi connectivity index (χ0v) is 40.8. The smallest absolute Gasteiger partial charge is 0.410 e. The van der Waals surface area contributed by atoms with Crippen LogP contribution in [-0.4, -0.2) is 114 Å². The minimum Gasteiger partial charge on any atom is -0.497 e. The first-order chi connectivity index (χ1) is 32.8. The van der Waals surface area contributed by atoms with Crippen molar-refractivity contribution in [2.75, 3.05) is 40.2 Å². The van der Waals surface area contributed by atoms with Crippen LogP contribution in [0.5, 0.6) is 17.2 Å². The number of thiazole rings is 1. The molecule has 3 heterocycles. The van der Waals surface area contributed by atoms with E-state index in [1.165, 1.54) is 55.3 Å².